The average Bonchev–Trinajstić information content (AvgIpc) is 2.62. The predicted molar refractivity (Wildman–Crippen MR) is 99.5 cm³/mol. The van der Waals surface area contributed by atoms with E-state index in [0.717, 1.165) is 38.2 Å². The van der Waals surface area contributed by atoms with Gasteiger partial charge in [0.2, 0.25) is 5.91 Å². The van der Waals surface area contributed by atoms with E-state index in [1.165, 1.54) is 16.8 Å². The van der Waals surface area contributed by atoms with Crippen molar-refractivity contribution in [1.82, 2.24) is 4.90 Å². The molecule has 2 aromatic carbocycles. The lowest BCUT2D eigenvalue weighted by Crippen LogP contribution is -2.49. The fourth-order valence-corrected chi connectivity index (χ4v) is 3.42. The number of nitrogens with zero attached hydrogens (tertiary/aromatic N) is 2. The number of carbonyl (C=O) groups excluding carboxylic acids is 1. The number of hydrogen-bond donors (Lipinski definition) is 0. The molecule has 0 N–H and O–H groups in total. The molecule has 0 radical (unpaired) electrons. The van der Waals surface area contributed by atoms with E-state index in [4.69, 9.17) is 0 Å². The number of carbonyl (C=O) groups is 1. The van der Waals surface area contributed by atoms with Crippen molar-refractivity contribution in [2.24, 2.45) is 0 Å². The normalized spacial score (nSPS) is 14.8. The van der Waals surface area contributed by atoms with Crippen molar-refractivity contribution >= 4 is 11.6 Å². The van der Waals surface area contributed by atoms with Gasteiger partial charge in [-0.2, -0.15) is 0 Å². The van der Waals surface area contributed by atoms with Crippen molar-refractivity contribution in [2.45, 2.75) is 26.7 Å². The Morgan fingerprint density at radius 3 is 2.46 bits per heavy atom. The van der Waals surface area contributed by atoms with E-state index in [1.807, 2.05) is 17.0 Å². The van der Waals surface area contributed by atoms with Crippen LogP contribution in [-0.4, -0.2) is 37.0 Å². The Balaban J connectivity index is 1.59. The maximum Gasteiger partial charge on any atom is 0.227 e. The maximum atomic E-state index is 12.6. The first-order chi connectivity index (χ1) is 11.7. The van der Waals surface area contributed by atoms with Crippen LogP contribution in [0.2, 0.25) is 0 Å². The molecular formula is C21H26N2O. The van der Waals surface area contributed by atoms with E-state index >= 15 is 0 Å². The van der Waals surface area contributed by atoms with E-state index in [1.54, 1.807) is 0 Å². The van der Waals surface area contributed by atoms with Crippen LogP contribution in [0.3, 0.4) is 0 Å². The largest absolute Gasteiger partial charge is 0.368 e. The van der Waals surface area contributed by atoms with Gasteiger partial charge in [-0.05, 0) is 30.5 Å². The highest BCUT2D eigenvalue weighted by Gasteiger charge is 2.22. The molecule has 3 rings (SSSR count). The van der Waals surface area contributed by atoms with Gasteiger partial charge >= 0.3 is 0 Å². The summed E-state index contributed by atoms with van der Waals surface area (Å²) in [6.07, 6.45) is 1.55. The van der Waals surface area contributed by atoms with Crippen LogP contribution in [0.1, 0.15) is 23.6 Å². The monoisotopic (exact) mass is 322 g/mol. The average molecular weight is 322 g/mol. The molecular weight excluding hydrogens is 296 g/mol. The first-order valence-electron chi connectivity index (χ1n) is 8.83. The summed E-state index contributed by atoms with van der Waals surface area (Å²) in [5.41, 5.74) is 5.03. The van der Waals surface area contributed by atoms with Gasteiger partial charge in [-0.1, -0.05) is 55.0 Å². The smallest absolute Gasteiger partial charge is 0.227 e. The molecule has 24 heavy (non-hydrogen) atoms. The third-order valence-corrected chi connectivity index (χ3v) is 4.78. The Morgan fingerprint density at radius 1 is 1.00 bits per heavy atom. The molecule has 1 aliphatic heterocycles. The fourth-order valence-electron chi connectivity index (χ4n) is 3.42. The van der Waals surface area contributed by atoms with Crippen LogP contribution in [-0.2, 0) is 17.6 Å². The Kier molecular flexibility index (Phi) is 5.19. The molecule has 0 unspecified atom stereocenters. The van der Waals surface area contributed by atoms with Crippen molar-refractivity contribution in [3.63, 3.8) is 0 Å². The zero-order valence-corrected chi connectivity index (χ0v) is 14.7. The van der Waals surface area contributed by atoms with Crippen LogP contribution in [0.15, 0.2) is 48.5 Å². The summed E-state index contributed by atoms with van der Waals surface area (Å²) < 4.78 is 0. The first-order valence-corrected chi connectivity index (χ1v) is 8.83. The van der Waals surface area contributed by atoms with Crippen molar-refractivity contribution in [3.05, 3.63) is 65.2 Å². The van der Waals surface area contributed by atoms with E-state index in [0.29, 0.717) is 6.42 Å². The van der Waals surface area contributed by atoms with Gasteiger partial charge < -0.3 is 9.80 Å². The van der Waals surface area contributed by atoms with Crippen LogP contribution in [0, 0.1) is 6.92 Å². The second-order valence-electron chi connectivity index (χ2n) is 6.52. The number of aryl methyl sites for hydroxylation is 2. The Hall–Kier alpha value is -2.29. The van der Waals surface area contributed by atoms with Crippen LogP contribution >= 0.6 is 0 Å². The summed E-state index contributed by atoms with van der Waals surface area (Å²) in [6.45, 7) is 7.71. The number of rotatable bonds is 4. The van der Waals surface area contributed by atoms with E-state index in [2.05, 4.69) is 55.1 Å². The van der Waals surface area contributed by atoms with Gasteiger partial charge in [-0.15, -0.1) is 0 Å². The number of piperazine rings is 1. The minimum atomic E-state index is 0.240. The molecule has 2 aromatic rings. The summed E-state index contributed by atoms with van der Waals surface area (Å²) in [6, 6.07) is 16.8. The van der Waals surface area contributed by atoms with Gasteiger partial charge in [0.1, 0.15) is 0 Å². The topological polar surface area (TPSA) is 23.6 Å². The summed E-state index contributed by atoms with van der Waals surface area (Å²) in [7, 11) is 0. The van der Waals surface area contributed by atoms with Crippen LogP contribution < -0.4 is 4.90 Å². The third-order valence-electron chi connectivity index (χ3n) is 4.78. The van der Waals surface area contributed by atoms with Crippen LogP contribution in [0.4, 0.5) is 5.69 Å². The molecule has 0 atom stereocenters. The summed E-state index contributed by atoms with van der Waals surface area (Å²) in [5, 5.41) is 0. The highest BCUT2D eigenvalue weighted by atomic mass is 16.2. The van der Waals surface area contributed by atoms with Gasteiger partial charge in [0.25, 0.3) is 0 Å². The molecule has 0 saturated carbocycles. The SMILES string of the molecule is CCc1ccccc1N1CCN(C(=O)Cc2cccc(C)c2)CC1. The molecule has 1 fully saturated rings. The molecule has 3 heteroatoms. The number of benzene rings is 2. The molecule has 1 aliphatic rings. The Bertz CT molecular complexity index is 702. The van der Waals surface area contributed by atoms with E-state index in [9.17, 15) is 4.79 Å². The zero-order chi connectivity index (χ0) is 16.9. The highest BCUT2D eigenvalue weighted by molar-refractivity contribution is 5.79. The van der Waals surface area contributed by atoms with Gasteiger partial charge in [-0.3, -0.25) is 4.79 Å². The molecule has 0 aromatic heterocycles. The maximum absolute atomic E-state index is 12.6. The van der Waals surface area contributed by atoms with Crippen LogP contribution in [0.25, 0.3) is 0 Å². The summed E-state index contributed by atoms with van der Waals surface area (Å²) >= 11 is 0. The van der Waals surface area contributed by atoms with Gasteiger partial charge in [0.05, 0.1) is 6.42 Å². The third kappa shape index (κ3) is 3.78. The van der Waals surface area contributed by atoms with Gasteiger partial charge in [0, 0.05) is 31.9 Å². The predicted octanol–water partition coefficient (Wildman–Crippen LogP) is 3.45. The lowest BCUT2D eigenvalue weighted by molar-refractivity contribution is -0.130. The first kappa shape index (κ1) is 16.6. The number of amides is 1. The van der Waals surface area contributed by atoms with Crippen molar-refractivity contribution in [1.29, 1.82) is 0 Å². The Labute approximate surface area is 144 Å². The van der Waals surface area contributed by atoms with Crippen molar-refractivity contribution in [2.75, 3.05) is 31.1 Å². The Morgan fingerprint density at radius 2 is 1.75 bits per heavy atom. The number of hydrogen-bond acceptors (Lipinski definition) is 2. The molecule has 1 heterocycles. The quantitative estimate of drug-likeness (QED) is 0.861. The van der Waals surface area contributed by atoms with E-state index < -0.39 is 0 Å². The molecule has 0 spiro atoms. The molecule has 3 nitrogen and oxygen atoms in total. The van der Waals surface area contributed by atoms with E-state index in [-0.39, 0.29) is 5.91 Å². The lowest BCUT2D eigenvalue weighted by atomic mass is 10.1. The molecule has 0 bridgehead atoms. The summed E-state index contributed by atoms with van der Waals surface area (Å²) in [4.78, 5) is 17.0. The molecule has 1 saturated heterocycles. The fraction of sp³-hybridized carbons (Fsp3) is 0.381. The second-order valence-corrected chi connectivity index (χ2v) is 6.52. The van der Waals surface area contributed by atoms with Crippen molar-refractivity contribution in [3.8, 4) is 0 Å². The molecule has 126 valence electrons. The minimum Gasteiger partial charge on any atom is -0.368 e. The lowest BCUT2D eigenvalue weighted by Gasteiger charge is -2.37. The summed E-state index contributed by atoms with van der Waals surface area (Å²) in [5.74, 6) is 0.240. The zero-order valence-electron chi connectivity index (χ0n) is 14.7. The second kappa shape index (κ2) is 7.52. The molecule has 1 amide bonds. The van der Waals surface area contributed by atoms with Gasteiger partial charge in [-0.25, -0.2) is 0 Å². The highest BCUT2D eigenvalue weighted by Crippen LogP contribution is 2.22. The van der Waals surface area contributed by atoms with Crippen LogP contribution in [0.5, 0.6) is 0 Å². The number of anilines is 1. The number of para-hydroxylation sites is 1. The van der Waals surface area contributed by atoms with Crippen molar-refractivity contribution < 1.29 is 4.79 Å². The standard InChI is InChI=1S/C21H26N2O/c1-3-19-9-4-5-10-20(19)22-11-13-23(14-12-22)21(24)16-18-8-6-7-17(2)15-18/h4-10,15H,3,11-14,16H2,1-2H3. The molecule has 0 aliphatic carbocycles. The minimum absolute atomic E-state index is 0.240. The van der Waals surface area contributed by atoms with Gasteiger partial charge in [0.15, 0.2) is 0 Å².